The summed E-state index contributed by atoms with van der Waals surface area (Å²) >= 11 is 9.06. The van der Waals surface area contributed by atoms with Gasteiger partial charge in [0.05, 0.1) is 12.2 Å². The Hall–Kier alpha value is -1.59. The number of halogens is 3. The van der Waals surface area contributed by atoms with Crippen LogP contribution < -0.4 is 10.6 Å². The maximum Gasteiger partial charge on any atom is 0.243 e. The van der Waals surface area contributed by atoms with Crippen molar-refractivity contribution in [2.24, 2.45) is 0 Å². The van der Waals surface area contributed by atoms with Gasteiger partial charge in [-0.1, -0.05) is 27.5 Å². The Kier molecular flexibility index (Phi) is 5.20. The Morgan fingerprint density at radius 3 is 2.71 bits per heavy atom. The molecule has 21 heavy (non-hydrogen) atoms. The molecule has 0 aliphatic heterocycles. The summed E-state index contributed by atoms with van der Waals surface area (Å²) in [5, 5.41) is 5.76. The molecule has 0 unspecified atom stereocenters. The zero-order chi connectivity index (χ0) is 15.4. The third-order valence-corrected chi connectivity index (χ3v) is 3.94. The molecule has 0 aromatic heterocycles. The Morgan fingerprint density at radius 2 is 2.05 bits per heavy atom. The summed E-state index contributed by atoms with van der Waals surface area (Å²) in [4.78, 5) is 11.8. The maximum absolute atomic E-state index is 13.5. The van der Waals surface area contributed by atoms with Gasteiger partial charge in [0.25, 0.3) is 0 Å². The van der Waals surface area contributed by atoms with Gasteiger partial charge in [-0.3, -0.25) is 4.79 Å². The smallest absolute Gasteiger partial charge is 0.243 e. The van der Waals surface area contributed by atoms with Crippen LogP contribution in [0.25, 0.3) is 0 Å². The quantitative estimate of drug-likeness (QED) is 0.824. The van der Waals surface area contributed by atoms with Gasteiger partial charge in [-0.25, -0.2) is 4.39 Å². The number of amides is 1. The number of carbonyl (C=O) groups excluding carboxylic acids is 1. The summed E-state index contributed by atoms with van der Waals surface area (Å²) < 4.78 is 14.5. The van der Waals surface area contributed by atoms with E-state index in [1.54, 1.807) is 0 Å². The van der Waals surface area contributed by atoms with Gasteiger partial charge >= 0.3 is 0 Å². The van der Waals surface area contributed by atoms with Crippen molar-refractivity contribution in [3.05, 3.63) is 57.3 Å². The lowest BCUT2D eigenvalue weighted by atomic mass is 10.2. The van der Waals surface area contributed by atoms with Crippen molar-refractivity contribution in [2.45, 2.75) is 6.92 Å². The molecule has 0 atom stereocenters. The van der Waals surface area contributed by atoms with Crippen LogP contribution in [0.5, 0.6) is 0 Å². The van der Waals surface area contributed by atoms with Gasteiger partial charge in [-0.15, -0.1) is 0 Å². The minimum atomic E-state index is -0.560. The first-order valence-electron chi connectivity index (χ1n) is 6.20. The number of benzene rings is 2. The van der Waals surface area contributed by atoms with E-state index < -0.39 is 5.82 Å². The predicted molar refractivity (Wildman–Crippen MR) is 87.4 cm³/mol. The number of aryl methyl sites for hydroxylation is 1. The number of nitrogens with one attached hydrogen (secondary N) is 2. The van der Waals surface area contributed by atoms with Gasteiger partial charge in [-0.05, 0) is 48.9 Å². The normalized spacial score (nSPS) is 10.3. The molecular weight excluding hydrogens is 359 g/mol. The second kappa shape index (κ2) is 6.91. The monoisotopic (exact) mass is 370 g/mol. The molecule has 0 spiro atoms. The lowest BCUT2D eigenvalue weighted by Gasteiger charge is -2.09. The second-order valence-corrected chi connectivity index (χ2v) is 5.78. The molecule has 0 saturated carbocycles. The van der Waals surface area contributed by atoms with Crippen molar-refractivity contribution in [1.82, 2.24) is 0 Å². The SMILES string of the molecule is Cc1cc(NCC(=O)Nc2ccc(Cl)cc2F)ccc1Br. The van der Waals surface area contributed by atoms with Crippen LogP contribution in [0.3, 0.4) is 0 Å². The Balaban J connectivity index is 1.94. The topological polar surface area (TPSA) is 41.1 Å². The van der Waals surface area contributed by atoms with E-state index in [9.17, 15) is 9.18 Å². The third-order valence-electron chi connectivity index (χ3n) is 2.82. The highest BCUT2D eigenvalue weighted by Crippen LogP contribution is 2.20. The van der Waals surface area contributed by atoms with E-state index >= 15 is 0 Å². The van der Waals surface area contributed by atoms with Crippen LogP contribution in [0.15, 0.2) is 40.9 Å². The molecule has 2 aromatic carbocycles. The van der Waals surface area contributed by atoms with Gasteiger partial charge in [0, 0.05) is 15.2 Å². The number of carbonyl (C=O) groups is 1. The summed E-state index contributed by atoms with van der Waals surface area (Å²) in [7, 11) is 0. The van der Waals surface area contributed by atoms with Crippen molar-refractivity contribution in [2.75, 3.05) is 17.2 Å². The number of hydrogen-bond acceptors (Lipinski definition) is 2. The molecule has 0 aliphatic carbocycles. The molecule has 0 radical (unpaired) electrons. The van der Waals surface area contributed by atoms with E-state index in [2.05, 4.69) is 26.6 Å². The fourth-order valence-electron chi connectivity index (χ4n) is 1.72. The van der Waals surface area contributed by atoms with Crippen LogP contribution in [0.4, 0.5) is 15.8 Å². The van der Waals surface area contributed by atoms with Crippen molar-refractivity contribution in [1.29, 1.82) is 0 Å². The van der Waals surface area contributed by atoms with Crippen LogP contribution in [0.1, 0.15) is 5.56 Å². The minimum absolute atomic E-state index is 0.0448. The number of anilines is 2. The fourth-order valence-corrected chi connectivity index (χ4v) is 2.13. The average molecular weight is 372 g/mol. The van der Waals surface area contributed by atoms with E-state index in [-0.39, 0.29) is 23.2 Å². The summed E-state index contributed by atoms with van der Waals surface area (Å²) in [6.45, 7) is 2.00. The molecule has 1 amide bonds. The summed E-state index contributed by atoms with van der Waals surface area (Å²) in [6, 6.07) is 9.77. The zero-order valence-corrected chi connectivity index (χ0v) is 13.6. The highest BCUT2D eigenvalue weighted by atomic mass is 79.9. The van der Waals surface area contributed by atoms with Crippen LogP contribution in [-0.4, -0.2) is 12.5 Å². The van der Waals surface area contributed by atoms with E-state index in [0.29, 0.717) is 0 Å². The van der Waals surface area contributed by atoms with E-state index in [1.165, 1.54) is 12.1 Å². The van der Waals surface area contributed by atoms with Crippen molar-refractivity contribution < 1.29 is 9.18 Å². The van der Waals surface area contributed by atoms with Gasteiger partial charge in [0.15, 0.2) is 0 Å². The fraction of sp³-hybridized carbons (Fsp3) is 0.133. The molecule has 0 fully saturated rings. The molecular formula is C15H13BrClFN2O. The maximum atomic E-state index is 13.5. The predicted octanol–water partition coefficient (Wildman–Crippen LogP) is 4.60. The highest BCUT2D eigenvalue weighted by Gasteiger charge is 2.07. The lowest BCUT2D eigenvalue weighted by molar-refractivity contribution is -0.114. The van der Waals surface area contributed by atoms with Gasteiger partial charge in [0.1, 0.15) is 5.82 Å². The van der Waals surface area contributed by atoms with E-state index in [4.69, 9.17) is 11.6 Å². The van der Waals surface area contributed by atoms with E-state index in [1.807, 2.05) is 25.1 Å². The number of hydrogen-bond donors (Lipinski definition) is 2. The third kappa shape index (κ3) is 4.44. The first kappa shape index (κ1) is 15.8. The van der Waals surface area contributed by atoms with Gasteiger partial charge < -0.3 is 10.6 Å². The molecule has 6 heteroatoms. The van der Waals surface area contributed by atoms with Gasteiger partial charge in [0.2, 0.25) is 5.91 Å². The molecule has 0 bridgehead atoms. The minimum Gasteiger partial charge on any atom is -0.376 e. The summed E-state index contributed by atoms with van der Waals surface area (Å²) in [5.41, 5.74) is 1.99. The lowest BCUT2D eigenvalue weighted by Crippen LogP contribution is -2.22. The van der Waals surface area contributed by atoms with Crippen LogP contribution in [0.2, 0.25) is 5.02 Å². The van der Waals surface area contributed by atoms with Crippen LogP contribution >= 0.6 is 27.5 Å². The summed E-state index contributed by atoms with van der Waals surface area (Å²) in [5.74, 6) is -0.896. The zero-order valence-electron chi connectivity index (χ0n) is 11.2. The first-order valence-corrected chi connectivity index (χ1v) is 7.38. The van der Waals surface area contributed by atoms with E-state index in [0.717, 1.165) is 21.8 Å². The second-order valence-electron chi connectivity index (χ2n) is 4.49. The summed E-state index contributed by atoms with van der Waals surface area (Å²) in [6.07, 6.45) is 0. The Morgan fingerprint density at radius 1 is 1.29 bits per heavy atom. The number of rotatable bonds is 4. The van der Waals surface area contributed by atoms with Crippen LogP contribution in [0, 0.1) is 12.7 Å². The molecule has 3 nitrogen and oxygen atoms in total. The Labute approximate surface area is 135 Å². The van der Waals surface area contributed by atoms with Crippen LogP contribution in [-0.2, 0) is 4.79 Å². The molecule has 0 heterocycles. The highest BCUT2D eigenvalue weighted by molar-refractivity contribution is 9.10. The molecule has 110 valence electrons. The van der Waals surface area contributed by atoms with Crippen molar-refractivity contribution in [3.63, 3.8) is 0 Å². The van der Waals surface area contributed by atoms with Crippen molar-refractivity contribution in [3.8, 4) is 0 Å². The van der Waals surface area contributed by atoms with Crippen molar-refractivity contribution >= 4 is 44.8 Å². The molecule has 0 aliphatic rings. The standard InChI is InChI=1S/C15H13BrClFN2O/c1-9-6-11(3-4-12(9)16)19-8-15(21)20-14-5-2-10(17)7-13(14)18/h2-7,19H,8H2,1H3,(H,20,21). The Bertz CT molecular complexity index is 679. The first-order chi connectivity index (χ1) is 9.95. The average Bonchev–Trinajstić information content (AvgIpc) is 2.43. The molecule has 0 saturated heterocycles. The molecule has 2 rings (SSSR count). The molecule has 2 N–H and O–H groups in total. The van der Waals surface area contributed by atoms with Gasteiger partial charge in [-0.2, -0.15) is 0 Å². The molecule has 2 aromatic rings. The largest absolute Gasteiger partial charge is 0.376 e.